The van der Waals surface area contributed by atoms with E-state index >= 15 is 0 Å². The smallest absolute Gasteiger partial charge is 0.269 e. The molecule has 0 bridgehead atoms. The van der Waals surface area contributed by atoms with Gasteiger partial charge in [-0.1, -0.05) is 30.3 Å². The average molecular weight is 483 g/mol. The molecule has 0 aliphatic carbocycles. The van der Waals surface area contributed by atoms with Gasteiger partial charge in [0.05, 0.1) is 9.82 Å². The van der Waals surface area contributed by atoms with Crippen LogP contribution in [-0.2, 0) is 14.8 Å². The van der Waals surface area contributed by atoms with E-state index in [9.17, 15) is 23.3 Å². The molecule has 0 unspecified atom stereocenters. The van der Waals surface area contributed by atoms with Crippen molar-refractivity contribution in [2.45, 2.75) is 17.7 Å². The number of piperidine rings is 1. The van der Waals surface area contributed by atoms with Crippen molar-refractivity contribution in [1.82, 2.24) is 9.62 Å². The molecule has 1 aliphatic heterocycles. The summed E-state index contributed by atoms with van der Waals surface area (Å²) < 4.78 is 27.6. The number of nitro groups is 1. The first-order valence-electron chi connectivity index (χ1n) is 11.1. The number of rotatable bonds is 8. The SMILES string of the molecule is O=C(NCCNc1ccc([N+](=O)[O-])cc1)C1CCN(S(=O)(=O)c2ccc3ccccc3c2)CC1. The van der Waals surface area contributed by atoms with Gasteiger partial charge in [-0.25, -0.2) is 8.42 Å². The molecule has 34 heavy (non-hydrogen) atoms. The highest BCUT2D eigenvalue weighted by Crippen LogP contribution is 2.26. The van der Waals surface area contributed by atoms with E-state index in [2.05, 4.69) is 10.6 Å². The molecule has 1 heterocycles. The largest absolute Gasteiger partial charge is 0.383 e. The molecule has 9 nitrogen and oxygen atoms in total. The number of nitrogens with one attached hydrogen (secondary N) is 2. The van der Waals surface area contributed by atoms with E-state index < -0.39 is 14.9 Å². The molecule has 3 aromatic carbocycles. The van der Waals surface area contributed by atoms with E-state index in [0.29, 0.717) is 39.0 Å². The van der Waals surface area contributed by atoms with Crippen LogP contribution < -0.4 is 10.6 Å². The first-order valence-corrected chi connectivity index (χ1v) is 12.5. The number of nitro benzene ring substituents is 1. The summed E-state index contributed by atoms with van der Waals surface area (Å²) in [6.07, 6.45) is 0.933. The van der Waals surface area contributed by atoms with Crippen molar-refractivity contribution in [3.05, 3.63) is 76.8 Å². The van der Waals surface area contributed by atoms with Gasteiger partial charge in [0.2, 0.25) is 15.9 Å². The zero-order valence-electron chi connectivity index (χ0n) is 18.5. The zero-order valence-corrected chi connectivity index (χ0v) is 19.3. The Morgan fingerprint density at radius 3 is 2.32 bits per heavy atom. The Kier molecular flexibility index (Phi) is 7.09. The van der Waals surface area contributed by atoms with Gasteiger partial charge >= 0.3 is 0 Å². The standard InChI is InChI=1S/C24H26N4O5S/c29-24(26-14-13-25-21-6-8-22(9-7-21)28(30)31)19-11-15-27(16-12-19)34(32,33)23-10-5-18-3-1-2-4-20(18)17-23/h1-10,17,19,25H,11-16H2,(H,26,29). The van der Waals surface area contributed by atoms with E-state index in [0.717, 1.165) is 16.5 Å². The lowest BCUT2D eigenvalue weighted by Crippen LogP contribution is -2.43. The van der Waals surface area contributed by atoms with Crippen LogP contribution >= 0.6 is 0 Å². The van der Waals surface area contributed by atoms with Crippen molar-refractivity contribution < 1.29 is 18.1 Å². The Bertz CT molecular complexity index is 1290. The third-order valence-corrected chi connectivity index (χ3v) is 7.91. The molecule has 0 radical (unpaired) electrons. The number of nitrogens with zero attached hydrogens (tertiary/aromatic N) is 2. The molecule has 10 heteroatoms. The lowest BCUT2D eigenvalue weighted by Gasteiger charge is -2.30. The monoisotopic (exact) mass is 482 g/mol. The van der Waals surface area contributed by atoms with Crippen LogP contribution in [-0.4, -0.2) is 49.7 Å². The summed E-state index contributed by atoms with van der Waals surface area (Å²) in [4.78, 5) is 23.0. The second-order valence-electron chi connectivity index (χ2n) is 8.21. The molecule has 1 saturated heterocycles. The summed E-state index contributed by atoms with van der Waals surface area (Å²) in [6.45, 7) is 1.47. The molecule has 0 aromatic heterocycles. The topological polar surface area (TPSA) is 122 Å². The maximum atomic E-state index is 13.1. The zero-order chi connectivity index (χ0) is 24.1. The van der Waals surface area contributed by atoms with E-state index in [4.69, 9.17) is 0 Å². The van der Waals surface area contributed by atoms with Gasteiger partial charge in [-0.05, 0) is 47.9 Å². The number of fused-ring (bicyclic) bond motifs is 1. The quantitative estimate of drug-likeness (QED) is 0.288. The normalized spacial score (nSPS) is 15.2. The molecule has 0 atom stereocenters. The maximum absolute atomic E-state index is 13.1. The number of sulfonamides is 1. The van der Waals surface area contributed by atoms with Crippen molar-refractivity contribution >= 4 is 38.1 Å². The van der Waals surface area contributed by atoms with Crippen molar-refractivity contribution in [1.29, 1.82) is 0 Å². The Balaban J connectivity index is 1.24. The fourth-order valence-electron chi connectivity index (χ4n) is 4.07. The van der Waals surface area contributed by atoms with Crippen molar-refractivity contribution in [3.8, 4) is 0 Å². The molecule has 2 N–H and O–H groups in total. The van der Waals surface area contributed by atoms with Gasteiger partial charge in [-0.3, -0.25) is 14.9 Å². The van der Waals surface area contributed by atoms with Crippen LogP contribution in [0.3, 0.4) is 0 Å². The van der Waals surface area contributed by atoms with E-state index in [1.54, 1.807) is 24.3 Å². The highest BCUT2D eigenvalue weighted by atomic mass is 32.2. The molecular formula is C24H26N4O5S. The van der Waals surface area contributed by atoms with Crippen molar-refractivity contribution in [2.24, 2.45) is 5.92 Å². The molecule has 1 amide bonds. The third kappa shape index (κ3) is 5.35. The molecule has 1 aliphatic rings. The van der Waals surface area contributed by atoms with Crippen LogP contribution in [0, 0.1) is 16.0 Å². The molecule has 0 spiro atoms. The lowest BCUT2D eigenvalue weighted by atomic mass is 9.97. The summed E-state index contributed by atoms with van der Waals surface area (Å²) in [5.41, 5.74) is 0.750. The van der Waals surface area contributed by atoms with Gasteiger partial charge in [0.25, 0.3) is 5.69 Å². The van der Waals surface area contributed by atoms with Crippen LogP contribution in [0.5, 0.6) is 0 Å². The maximum Gasteiger partial charge on any atom is 0.269 e. The van der Waals surface area contributed by atoms with Gasteiger partial charge in [0.1, 0.15) is 0 Å². The molecule has 1 fully saturated rings. The van der Waals surface area contributed by atoms with Gasteiger partial charge in [0, 0.05) is 49.9 Å². The molecule has 178 valence electrons. The summed E-state index contributed by atoms with van der Waals surface area (Å²) >= 11 is 0. The number of carbonyl (C=O) groups is 1. The van der Waals surface area contributed by atoms with E-state index in [1.165, 1.54) is 16.4 Å². The first-order chi connectivity index (χ1) is 16.3. The minimum atomic E-state index is -3.61. The number of benzene rings is 3. The van der Waals surface area contributed by atoms with Crippen molar-refractivity contribution in [2.75, 3.05) is 31.5 Å². The average Bonchev–Trinajstić information content (AvgIpc) is 2.86. The third-order valence-electron chi connectivity index (χ3n) is 6.01. The van der Waals surface area contributed by atoms with E-state index in [1.807, 2.05) is 30.3 Å². The van der Waals surface area contributed by atoms with Gasteiger partial charge in [0.15, 0.2) is 0 Å². The Morgan fingerprint density at radius 2 is 1.65 bits per heavy atom. The number of hydrogen-bond acceptors (Lipinski definition) is 6. The highest BCUT2D eigenvalue weighted by molar-refractivity contribution is 7.89. The fourth-order valence-corrected chi connectivity index (χ4v) is 5.58. The number of amides is 1. The van der Waals surface area contributed by atoms with Crippen molar-refractivity contribution in [3.63, 3.8) is 0 Å². The van der Waals surface area contributed by atoms with Crippen LogP contribution in [0.4, 0.5) is 11.4 Å². The summed E-state index contributed by atoms with van der Waals surface area (Å²) in [7, 11) is -3.61. The predicted octanol–water partition coefficient (Wildman–Crippen LogP) is 3.38. The summed E-state index contributed by atoms with van der Waals surface area (Å²) in [5, 5.41) is 18.5. The van der Waals surface area contributed by atoms with Gasteiger partial charge < -0.3 is 10.6 Å². The van der Waals surface area contributed by atoms with Crippen LogP contribution in [0.15, 0.2) is 71.6 Å². The molecule has 3 aromatic rings. The minimum absolute atomic E-state index is 0.0211. The van der Waals surface area contributed by atoms with Crippen LogP contribution in [0.1, 0.15) is 12.8 Å². The second-order valence-corrected chi connectivity index (χ2v) is 10.1. The number of carbonyl (C=O) groups excluding carboxylic acids is 1. The summed E-state index contributed by atoms with van der Waals surface area (Å²) in [5.74, 6) is -0.323. The van der Waals surface area contributed by atoms with Crippen LogP contribution in [0.2, 0.25) is 0 Å². The molecule has 4 rings (SSSR count). The lowest BCUT2D eigenvalue weighted by molar-refractivity contribution is -0.384. The van der Waals surface area contributed by atoms with Crippen LogP contribution in [0.25, 0.3) is 10.8 Å². The highest BCUT2D eigenvalue weighted by Gasteiger charge is 2.32. The van der Waals surface area contributed by atoms with Gasteiger partial charge in [-0.2, -0.15) is 4.31 Å². The van der Waals surface area contributed by atoms with E-state index in [-0.39, 0.29) is 22.4 Å². The number of non-ortho nitro benzene ring substituents is 1. The first kappa shape index (κ1) is 23.7. The Hall–Kier alpha value is -3.50. The number of hydrogen-bond donors (Lipinski definition) is 2. The van der Waals surface area contributed by atoms with Gasteiger partial charge in [-0.15, -0.1) is 0 Å². The summed E-state index contributed by atoms with van der Waals surface area (Å²) in [6, 6.07) is 18.8. The second kappa shape index (κ2) is 10.2. The molecular weight excluding hydrogens is 456 g/mol. The minimum Gasteiger partial charge on any atom is -0.383 e. The Labute approximate surface area is 198 Å². The Morgan fingerprint density at radius 1 is 0.971 bits per heavy atom. The number of anilines is 1. The molecule has 0 saturated carbocycles. The fraction of sp³-hybridized carbons (Fsp3) is 0.292. The predicted molar refractivity (Wildman–Crippen MR) is 130 cm³/mol.